The quantitative estimate of drug-likeness (QED) is 0.741. The fraction of sp³-hybridized carbons (Fsp3) is 0.364. The van der Waals surface area contributed by atoms with Gasteiger partial charge in [0, 0.05) is 13.0 Å². The highest BCUT2D eigenvalue weighted by Gasteiger charge is 2.12. The summed E-state index contributed by atoms with van der Waals surface area (Å²) in [4.78, 5) is 0.925. The highest BCUT2D eigenvalue weighted by Crippen LogP contribution is 2.19. The van der Waals surface area contributed by atoms with Crippen LogP contribution in [0.5, 0.6) is 0 Å². The lowest BCUT2D eigenvalue weighted by Crippen LogP contribution is -2.23. The van der Waals surface area contributed by atoms with Crippen molar-refractivity contribution in [2.45, 2.75) is 19.3 Å². The number of hydrogen-bond donors (Lipinski definition) is 1. The molecule has 0 radical (unpaired) electrons. The minimum Gasteiger partial charge on any atom is -0.382 e. The average molecular weight is 193 g/mol. The van der Waals surface area contributed by atoms with Crippen LogP contribution in [0.2, 0.25) is 0 Å². The fourth-order valence-corrected chi connectivity index (χ4v) is 1.73. The molecular weight excluding hydrogens is 178 g/mol. The summed E-state index contributed by atoms with van der Waals surface area (Å²) in [7, 11) is 1.88. The third kappa shape index (κ3) is 2.52. The summed E-state index contributed by atoms with van der Waals surface area (Å²) in [6, 6.07) is 10.4. The summed E-state index contributed by atoms with van der Waals surface area (Å²) in [5, 5.41) is 3.05. The van der Waals surface area contributed by atoms with Crippen LogP contribution in [0.25, 0.3) is 0 Å². The van der Waals surface area contributed by atoms with E-state index in [1.807, 2.05) is 13.1 Å². The lowest BCUT2D eigenvalue weighted by atomic mass is 9.96. The maximum Gasteiger partial charge on any atom is 0.0826 e. The summed E-state index contributed by atoms with van der Waals surface area (Å²) >= 11 is 5.25. The van der Waals surface area contributed by atoms with Gasteiger partial charge in [-0.05, 0) is 12.0 Å². The van der Waals surface area contributed by atoms with E-state index in [9.17, 15) is 0 Å². The minimum absolute atomic E-state index is 0.362. The van der Waals surface area contributed by atoms with Crippen molar-refractivity contribution < 1.29 is 0 Å². The number of thiocarbonyl (C=S) groups is 1. The maximum atomic E-state index is 5.25. The van der Waals surface area contributed by atoms with E-state index >= 15 is 0 Å². The molecule has 0 aliphatic rings. The first-order chi connectivity index (χ1) is 6.29. The first kappa shape index (κ1) is 10.2. The van der Waals surface area contributed by atoms with Gasteiger partial charge in [0.1, 0.15) is 0 Å². The topological polar surface area (TPSA) is 12.0 Å². The number of rotatable bonds is 3. The highest BCUT2D eigenvalue weighted by atomic mass is 32.1. The van der Waals surface area contributed by atoms with Crippen LogP contribution in [-0.2, 0) is 0 Å². The second kappa shape index (κ2) is 4.97. The van der Waals surface area contributed by atoms with Crippen LogP contribution in [0.15, 0.2) is 30.3 Å². The summed E-state index contributed by atoms with van der Waals surface area (Å²) in [6.45, 7) is 2.15. The van der Waals surface area contributed by atoms with Crippen LogP contribution in [0, 0.1) is 0 Å². The molecule has 1 nitrogen and oxygen atoms in total. The average Bonchev–Trinajstić information content (AvgIpc) is 2.20. The molecule has 0 aromatic heterocycles. The molecule has 0 fully saturated rings. The molecular formula is C11H15NS. The second-order valence-electron chi connectivity index (χ2n) is 2.99. The molecule has 0 spiro atoms. The van der Waals surface area contributed by atoms with Gasteiger partial charge in [0.15, 0.2) is 0 Å². The Morgan fingerprint density at radius 1 is 1.38 bits per heavy atom. The summed E-state index contributed by atoms with van der Waals surface area (Å²) in [5.41, 5.74) is 1.30. The minimum atomic E-state index is 0.362. The van der Waals surface area contributed by atoms with Crippen LogP contribution >= 0.6 is 12.2 Å². The van der Waals surface area contributed by atoms with Crippen LogP contribution in [0.3, 0.4) is 0 Å². The van der Waals surface area contributed by atoms with Crippen molar-refractivity contribution in [1.82, 2.24) is 5.32 Å². The SMILES string of the molecule is CCC(C(=S)NC)c1ccccc1. The number of benzene rings is 1. The first-order valence-corrected chi connectivity index (χ1v) is 4.97. The van der Waals surface area contributed by atoms with Crippen molar-refractivity contribution in [2.75, 3.05) is 7.05 Å². The standard InChI is InChI=1S/C11H15NS/c1-3-10(11(13)12-2)9-7-5-4-6-8-9/h4-8,10H,3H2,1-2H3,(H,12,13). The third-order valence-electron chi connectivity index (χ3n) is 2.17. The molecule has 0 saturated heterocycles. The Hall–Kier alpha value is -0.890. The van der Waals surface area contributed by atoms with Gasteiger partial charge in [0.2, 0.25) is 0 Å². The number of likely N-dealkylation sites (N-methyl/N-ethyl adjacent to an activating group) is 1. The number of nitrogens with one attached hydrogen (secondary N) is 1. The van der Waals surface area contributed by atoms with Crippen molar-refractivity contribution in [3.8, 4) is 0 Å². The molecule has 1 unspecified atom stereocenters. The molecule has 0 bridgehead atoms. The Labute approximate surface area is 85.2 Å². The molecule has 0 aliphatic heterocycles. The Morgan fingerprint density at radius 2 is 2.00 bits per heavy atom. The zero-order valence-corrected chi connectivity index (χ0v) is 8.90. The predicted molar refractivity (Wildman–Crippen MR) is 61.1 cm³/mol. The van der Waals surface area contributed by atoms with Crippen molar-refractivity contribution >= 4 is 17.2 Å². The lowest BCUT2D eigenvalue weighted by molar-refractivity contribution is 0.828. The third-order valence-corrected chi connectivity index (χ3v) is 2.66. The first-order valence-electron chi connectivity index (χ1n) is 4.56. The van der Waals surface area contributed by atoms with E-state index in [0.29, 0.717) is 5.92 Å². The smallest absolute Gasteiger partial charge is 0.0826 e. The molecule has 70 valence electrons. The van der Waals surface area contributed by atoms with E-state index in [0.717, 1.165) is 11.4 Å². The van der Waals surface area contributed by atoms with Gasteiger partial charge in [-0.15, -0.1) is 0 Å². The molecule has 0 heterocycles. The van der Waals surface area contributed by atoms with Crippen LogP contribution in [0.1, 0.15) is 24.8 Å². The van der Waals surface area contributed by atoms with E-state index in [2.05, 4.69) is 36.5 Å². The van der Waals surface area contributed by atoms with Crippen LogP contribution in [-0.4, -0.2) is 12.0 Å². The number of hydrogen-bond acceptors (Lipinski definition) is 1. The van der Waals surface area contributed by atoms with Gasteiger partial charge in [-0.3, -0.25) is 0 Å². The Bertz CT molecular complexity index is 269. The van der Waals surface area contributed by atoms with Gasteiger partial charge in [0.25, 0.3) is 0 Å². The van der Waals surface area contributed by atoms with E-state index in [1.165, 1.54) is 5.56 Å². The molecule has 13 heavy (non-hydrogen) atoms. The van der Waals surface area contributed by atoms with Crippen LogP contribution in [0.4, 0.5) is 0 Å². The Balaban J connectivity index is 2.85. The van der Waals surface area contributed by atoms with Crippen molar-refractivity contribution in [2.24, 2.45) is 0 Å². The van der Waals surface area contributed by atoms with Crippen molar-refractivity contribution in [3.05, 3.63) is 35.9 Å². The van der Waals surface area contributed by atoms with E-state index < -0.39 is 0 Å². The zero-order chi connectivity index (χ0) is 9.68. The zero-order valence-electron chi connectivity index (χ0n) is 8.08. The molecule has 1 aromatic carbocycles. The van der Waals surface area contributed by atoms with Gasteiger partial charge < -0.3 is 5.32 Å². The highest BCUT2D eigenvalue weighted by molar-refractivity contribution is 7.80. The Morgan fingerprint density at radius 3 is 2.46 bits per heavy atom. The Kier molecular flexibility index (Phi) is 3.90. The van der Waals surface area contributed by atoms with Gasteiger partial charge in [-0.25, -0.2) is 0 Å². The normalized spacial score (nSPS) is 12.2. The summed E-state index contributed by atoms with van der Waals surface area (Å²) in [6.07, 6.45) is 1.05. The fourth-order valence-electron chi connectivity index (χ4n) is 1.43. The molecule has 1 N–H and O–H groups in total. The van der Waals surface area contributed by atoms with Gasteiger partial charge >= 0.3 is 0 Å². The summed E-state index contributed by atoms with van der Waals surface area (Å²) in [5.74, 6) is 0.362. The summed E-state index contributed by atoms with van der Waals surface area (Å²) < 4.78 is 0. The molecule has 1 rings (SSSR count). The lowest BCUT2D eigenvalue weighted by Gasteiger charge is -2.15. The van der Waals surface area contributed by atoms with Crippen molar-refractivity contribution in [1.29, 1.82) is 0 Å². The largest absolute Gasteiger partial charge is 0.382 e. The van der Waals surface area contributed by atoms with Crippen molar-refractivity contribution in [3.63, 3.8) is 0 Å². The van der Waals surface area contributed by atoms with Gasteiger partial charge in [-0.2, -0.15) is 0 Å². The molecule has 0 amide bonds. The molecule has 0 aliphatic carbocycles. The molecule has 1 atom stereocenters. The van der Waals surface area contributed by atoms with Gasteiger partial charge in [0.05, 0.1) is 4.99 Å². The van der Waals surface area contributed by atoms with E-state index in [4.69, 9.17) is 12.2 Å². The van der Waals surface area contributed by atoms with Gasteiger partial charge in [-0.1, -0.05) is 49.5 Å². The van der Waals surface area contributed by atoms with Crippen LogP contribution < -0.4 is 5.32 Å². The molecule has 0 saturated carbocycles. The predicted octanol–water partition coefficient (Wildman–Crippen LogP) is 2.73. The molecule has 2 heteroatoms. The maximum absolute atomic E-state index is 5.25. The monoisotopic (exact) mass is 193 g/mol. The second-order valence-corrected chi connectivity index (χ2v) is 3.43. The van der Waals surface area contributed by atoms with E-state index in [1.54, 1.807) is 0 Å². The van der Waals surface area contributed by atoms with E-state index in [-0.39, 0.29) is 0 Å². The molecule has 1 aromatic rings.